The van der Waals surface area contributed by atoms with E-state index in [4.69, 9.17) is 5.73 Å². The molecule has 0 saturated heterocycles. The SMILES string of the molecule is CCN(C(=O)c1cc([N+](=O)[O-])ccc1N)C1CCCC1. The van der Waals surface area contributed by atoms with Crippen LogP contribution in [0, 0.1) is 10.1 Å². The Morgan fingerprint density at radius 1 is 1.45 bits per heavy atom. The third-order valence-corrected chi connectivity index (χ3v) is 3.85. The summed E-state index contributed by atoms with van der Waals surface area (Å²) in [5.41, 5.74) is 6.22. The summed E-state index contributed by atoms with van der Waals surface area (Å²) in [6.45, 7) is 2.51. The number of nitrogen functional groups attached to an aromatic ring is 1. The summed E-state index contributed by atoms with van der Waals surface area (Å²) < 4.78 is 0. The minimum atomic E-state index is -0.512. The van der Waals surface area contributed by atoms with Gasteiger partial charge in [-0.1, -0.05) is 12.8 Å². The fraction of sp³-hybridized carbons (Fsp3) is 0.500. The van der Waals surface area contributed by atoms with E-state index in [1.54, 1.807) is 4.90 Å². The van der Waals surface area contributed by atoms with Gasteiger partial charge in [0.05, 0.1) is 10.5 Å². The molecule has 0 heterocycles. The number of amides is 1. The molecule has 1 saturated carbocycles. The van der Waals surface area contributed by atoms with Crippen LogP contribution < -0.4 is 5.73 Å². The summed E-state index contributed by atoms with van der Waals surface area (Å²) in [5.74, 6) is -0.208. The van der Waals surface area contributed by atoms with Crippen molar-refractivity contribution in [3.05, 3.63) is 33.9 Å². The van der Waals surface area contributed by atoms with Gasteiger partial charge in [-0.3, -0.25) is 14.9 Å². The van der Waals surface area contributed by atoms with Gasteiger partial charge in [-0.05, 0) is 25.8 Å². The number of hydrogen-bond acceptors (Lipinski definition) is 4. The Morgan fingerprint density at radius 2 is 2.10 bits per heavy atom. The van der Waals surface area contributed by atoms with Crippen molar-refractivity contribution in [2.45, 2.75) is 38.6 Å². The number of rotatable bonds is 4. The summed E-state index contributed by atoms with van der Waals surface area (Å²) in [5, 5.41) is 10.8. The van der Waals surface area contributed by atoms with Crippen molar-refractivity contribution in [1.82, 2.24) is 4.90 Å². The minimum absolute atomic E-state index is 0.106. The number of benzene rings is 1. The van der Waals surface area contributed by atoms with Gasteiger partial charge in [0.15, 0.2) is 0 Å². The summed E-state index contributed by atoms with van der Waals surface area (Å²) in [7, 11) is 0. The van der Waals surface area contributed by atoms with Crippen LogP contribution in [0.5, 0.6) is 0 Å². The fourth-order valence-electron chi connectivity index (χ4n) is 2.78. The Balaban J connectivity index is 2.30. The van der Waals surface area contributed by atoms with Crippen molar-refractivity contribution < 1.29 is 9.72 Å². The maximum Gasteiger partial charge on any atom is 0.270 e. The zero-order valence-corrected chi connectivity index (χ0v) is 11.5. The number of anilines is 1. The number of non-ortho nitro benzene ring substituents is 1. The van der Waals surface area contributed by atoms with Crippen LogP contribution in [-0.2, 0) is 0 Å². The normalized spacial score (nSPS) is 15.2. The summed E-state index contributed by atoms with van der Waals surface area (Å²) in [6, 6.07) is 4.24. The molecule has 1 aliphatic rings. The Morgan fingerprint density at radius 3 is 2.65 bits per heavy atom. The fourth-order valence-corrected chi connectivity index (χ4v) is 2.78. The predicted molar refractivity (Wildman–Crippen MR) is 76.5 cm³/mol. The first kappa shape index (κ1) is 14.3. The van der Waals surface area contributed by atoms with Crippen molar-refractivity contribution in [1.29, 1.82) is 0 Å². The van der Waals surface area contributed by atoms with Gasteiger partial charge in [0.25, 0.3) is 11.6 Å². The van der Waals surface area contributed by atoms with Crippen molar-refractivity contribution >= 4 is 17.3 Å². The smallest absolute Gasteiger partial charge is 0.270 e. The second kappa shape index (κ2) is 5.90. The molecule has 1 aliphatic carbocycles. The second-order valence-electron chi connectivity index (χ2n) is 5.06. The molecule has 0 spiro atoms. The first-order chi connectivity index (χ1) is 9.54. The van der Waals surface area contributed by atoms with Crippen LogP contribution in [0.25, 0.3) is 0 Å². The standard InChI is InChI=1S/C14H19N3O3/c1-2-16(10-5-3-4-6-10)14(18)12-9-11(17(19)20)7-8-13(12)15/h7-10H,2-6,15H2,1H3. The molecule has 6 nitrogen and oxygen atoms in total. The van der Waals surface area contributed by atoms with Crippen molar-refractivity contribution in [3.63, 3.8) is 0 Å². The lowest BCUT2D eigenvalue weighted by Gasteiger charge is -2.28. The van der Waals surface area contributed by atoms with Crippen LogP contribution in [0.15, 0.2) is 18.2 Å². The zero-order chi connectivity index (χ0) is 14.7. The highest BCUT2D eigenvalue weighted by Gasteiger charge is 2.28. The molecule has 1 fully saturated rings. The Hall–Kier alpha value is -2.11. The minimum Gasteiger partial charge on any atom is -0.398 e. The maximum absolute atomic E-state index is 12.6. The number of nitrogens with two attached hydrogens (primary N) is 1. The van der Waals surface area contributed by atoms with Gasteiger partial charge in [-0.15, -0.1) is 0 Å². The van der Waals surface area contributed by atoms with Crippen molar-refractivity contribution in [2.75, 3.05) is 12.3 Å². The third kappa shape index (κ3) is 2.74. The largest absolute Gasteiger partial charge is 0.398 e. The van der Waals surface area contributed by atoms with Gasteiger partial charge >= 0.3 is 0 Å². The van der Waals surface area contributed by atoms with Crippen LogP contribution in [-0.4, -0.2) is 28.3 Å². The average Bonchev–Trinajstić information content (AvgIpc) is 2.93. The molecule has 0 radical (unpaired) electrons. The van der Waals surface area contributed by atoms with Gasteiger partial charge in [-0.25, -0.2) is 0 Å². The van der Waals surface area contributed by atoms with E-state index in [2.05, 4.69) is 0 Å². The highest BCUT2D eigenvalue weighted by Crippen LogP contribution is 2.27. The van der Waals surface area contributed by atoms with E-state index < -0.39 is 4.92 Å². The quantitative estimate of drug-likeness (QED) is 0.520. The molecule has 2 rings (SSSR count). The first-order valence-corrected chi connectivity index (χ1v) is 6.89. The zero-order valence-electron chi connectivity index (χ0n) is 11.5. The molecule has 0 unspecified atom stereocenters. The Bertz CT molecular complexity index is 524. The third-order valence-electron chi connectivity index (χ3n) is 3.85. The molecule has 6 heteroatoms. The molecule has 0 aromatic heterocycles. The average molecular weight is 277 g/mol. The summed E-state index contributed by atoms with van der Waals surface area (Å²) in [6.07, 6.45) is 4.24. The molecule has 1 aromatic carbocycles. The Labute approximate surface area is 117 Å². The number of carbonyl (C=O) groups excluding carboxylic acids is 1. The molecular formula is C14H19N3O3. The van der Waals surface area contributed by atoms with Gasteiger partial charge in [-0.2, -0.15) is 0 Å². The van der Waals surface area contributed by atoms with Gasteiger partial charge < -0.3 is 10.6 Å². The summed E-state index contributed by atoms with van der Waals surface area (Å²) in [4.78, 5) is 24.7. The van der Waals surface area contributed by atoms with E-state index in [9.17, 15) is 14.9 Å². The van der Waals surface area contributed by atoms with E-state index in [-0.39, 0.29) is 28.9 Å². The number of nitro benzene ring substituents is 1. The van der Waals surface area contributed by atoms with E-state index in [1.165, 1.54) is 18.2 Å². The first-order valence-electron chi connectivity index (χ1n) is 6.89. The monoisotopic (exact) mass is 277 g/mol. The molecular weight excluding hydrogens is 258 g/mol. The maximum atomic E-state index is 12.6. The highest BCUT2D eigenvalue weighted by atomic mass is 16.6. The van der Waals surface area contributed by atoms with Crippen LogP contribution in [0.4, 0.5) is 11.4 Å². The van der Waals surface area contributed by atoms with Crippen LogP contribution in [0.3, 0.4) is 0 Å². The summed E-state index contributed by atoms with van der Waals surface area (Å²) >= 11 is 0. The van der Waals surface area contributed by atoms with Gasteiger partial charge in [0.2, 0.25) is 0 Å². The number of nitro groups is 1. The second-order valence-corrected chi connectivity index (χ2v) is 5.06. The van der Waals surface area contributed by atoms with Crippen LogP contribution in [0.1, 0.15) is 43.0 Å². The highest BCUT2D eigenvalue weighted by molar-refractivity contribution is 6.00. The lowest BCUT2D eigenvalue weighted by Crippen LogP contribution is -2.38. The molecule has 0 atom stereocenters. The molecule has 0 aliphatic heterocycles. The molecule has 20 heavy (non-hydrogen) atoms. The van der Waals surface area contributed by atoms with E-state index in [0.717, 1.165) is 25.7 Å². The Kier molecular flexibility index (Phi) is 4.22. The van der Waals surface area contributed by atoms with E-state index >= 15 is 0 Å². The molecule has 1 amide bonds. The topological polar surface area (TPSA) is 89.5 Å². The number of nitrogens with zero attached hydrogens (tertiary/aromatic N) is 2. The van der Waals surface area contributed by atoms with E-state index in [1.807, 2.05) is 6.92 Å². The molecule has 0 bridgehead atoms. The lowest BCUT2D eigenvalue weighted by molar-refractivity contribution is -0.384. The van der Waals surface area contributed by atoms with E-state index in [0.29, 0.717) is 6.54 Å². The van der Waals surface area contributed by atoms with Crippen molar-refractivity contribution in [2.24, 2.45) is 0 Å². The lowest BCUT2D eigenvalue weighted by atomic mass is 10.1. The van der Waals surface area contributed by atoms with Crippen LogP contribution in [0.2, 0.25) is 0 Å². The molecule has 108 valence electrons. The molecule has 2 N–H and O–H groups in total. The van der Waals surface area contributed by atoms with Gasteiger partial charge in [0.1, 0.15) is 0 Å². The van der Waals surface area contributed by atoms with Crippen molar-refractivity contribution in [3.8, 4) is 0 Å². The number of carbonyl (C=O) groups is 1. The van der Waals surface area contributed by atoms with Crippen LogP contribution >= 0.6 is 0 Å². The number of hydrogen-bond donors (Lipinski definition) is 1. The predicted octanol–water partition coefficient (Wildman–Crippen LogP) is 2.58. The van der Waals surface area contributed by atoms with Gasteiger partial charge in [0, 0.05) is 30.4 Å². The molecule has 1 aromatic rings.